The van der Waals surface area contributed by atoms with Gasteiger partial charge in [-0.05, 0) is 48.5 Å². The number of methoxy groups -OCH3 is 1. The lowest BCUT2D eigenvalue weighted by Gasteiger charge is -2.05. The van der Waals surface area contributed by atoms with Gasteiger partial charge in [-0.3, -0.25) is 9.78 Å². The van der Waals surface area contributed by atoms with E-state index in [2.05, 4.69) is 15.0 Å². The van der Waals surface area contributed by atoms with Gasteiger partial charge < -0.3 is 19.2 Å². The first-order valence-electron chi connectivity index (χ1n) is 7.77. The maximum absolute atomic E-state index is 12.1. The number of esters is 1. The highest BCUT2D eigenvalue weighted by Gasteiger charge is 2.12. The Morgan fingerprint density at radius 1 is 1.04 bits per heavy atom. The van der Waals surface area contributed by atoms with Crippen molar-refractivity contribution in [2.75, 3.05) is 12.4 Å². The summed E-state index contributed by atoms with van der Waals surface area (Å²) in [6.07, 6.45) is 3.17. The molecule has 0 aliphatic heterocycles. The van der Waals surface area contributed by atoms with Crippen LogP contribution in [0, 0.1) is 0 Å². The average Bonchev–Trinajstić information content (AvgIpc) is 3.16. The number of furan rings is 1. The Hall–Kier alpha value is -3.61. The van der Waals surface area contributed by atoms with Crippen LogP contribution >= 0.6 is 0 Å². The first kappa shape index (κ1) is 17.2. The van der Waals surface area contributed by atoms with Crippen molar-refractivity contribution in [2.45, 2.75) is 6.61 Å². The molecule has 0 aliphatic carbocycles. The monoisotopic (exact) mass is 352 g/mol. The zero-order valence-corrected chi connectivity index (χ0v) is 14.0. The SMILES string of the molecule is COC(=O)c1ccc(OCc2ccc(C(=O)Nc3ccncc3)o2)cc1. The summed E-state index contributed by atoms with van der Waals surface area (Å²) in [6, 6.07) is 13.2. The Bertz CT molecular complexity index is 888. The maximum Gasteiger partial charge on any atom is 0.337 e. The number of benzene rings is 1. The number of anilines is 1. The number of amides is 1. The average molecular weight is 352 g/mol. The number of aromatic nitrogens is 1. The van der Waals surface area contributed by atoms with Crippen molar-refractivity contribution < 1.29 is 23.5 Å². The molecule has 0 saturated carbocycles. The molecule has 7 heteroatoms. The summed E-state index contributed by atoms with van der Waals surface area (Å²) >= 11 is 0. The molecule has 2 heterocycles. The topological polar surface area (TPSA) is 90.7 Å². The number of pyridine rings is 1. The van der Waals surface area contributed by atoms with Crippen molar-refractivity contribution in [1.29, 1.82) is 0 Å². The third kappa shape index (κ3) is 4.27. The van der Waals surface area contributed by atoms with Crippen LogP contribution in [-0.4, -0.2) is 24.0 Å². The highest BCUT2D eigenvalue weighted by atomic mass is 16.5. The molecule has 0 saturated heterocycles. The first-order valence-corrected chi connectivity index (χ1v) is 7.77. The lowest BCUT2D eigenvalue weighted by atomic mass is 10.2. The van der Waals surface area contributed by atoms with Crippen molar-refractivity contribution in [2.24, 2.45) is 0 Å². The molecule has 1 N–H and O–H groups in total. The second kappa shape index (κ2) is 7.98. The van der Waals surface area contributed by atoms with Gasteiger partial charge in [0.25, 0.3) is 5.91 Å². The standard InChI is InChI=1S/C19H16N2O5/c1-24-19(23)13-2-4-15(5-3-13)25-12-16-6-7-17(26-16)18(22)21-14-8-10-20-11-9-14/h2-11H,12H2,1H3,(H,20,21,22). The fraction of sp³-hybridized carbons (Fsp3) is 0.105. The van der Waals surface area contributed by atoms with E-state index >= 15 is 0 Å². The number of carbonyl (C=O) groups excluding carboxylic acids is 2. The molecule has 0 unspecified atom stereocenters. The van der Waals surface area contributed by atoms with Gasteiger partial charge in [-0.25, -0.2) is 4.79 Å². The van der Waals surface area contributed by atoms with Crippen molar-refractivity contribution in [3.63, 3.8) is 0 Å². The van der Waals surface area contributed by atoms with Crippen LogP contribution < -0.4 is 10.1 Å². The number of hydrogen-bond donors (Lipinski definition) is 1. The van der Waals surface area contributed by atoms with Gasteiger partial charge >= 0.3 is 5.97 Å². The summed E-state index contributed by atoms with van der Waals surface area (Å²) in [5.41, 5.74) is 1.07. The summed E-state index contributed by atoms with van der Waals surface area (Å²) in [5.74, 6) is 0.484. The van der Waals surface area contributed by atoms with E-state index in [-0.39, 0.29) is 18.3 Å². The molecule has 0 atom stereocenters. The molecule has 0 radical (unpaired) electrons. The van der Waals surface area contributed by atoms with Crippen molar-refractivity contribution in [3.8, 4) is 5.75 Å². The highest BCUT2D eigenvalue weighted by molar-refractivity contribution is 6.02. The molecule has 7 nitrogen and oxygen atoms in total. The normalized spacial score (nSPS) is 10.2. The molecule has 0 aliphatic rings. The van der Waals surface area contributed by atoms with Gasteiger partial charge in [0.2, 0.25) is 0 Å². The van der Waals surface area contributed by atoms with Gasteiger partial charge in [0.15, 0.2) is 5.76 Å². The van der Waals surface area contributed by atoms with E-state index < -0.39 is 5.97 Å². The van der Waals surface area contributed by atoms with E-state index in [4.69, 9.17) is 9.15 Å². The first-order chi connectivity index (χ1) is 12.7. The Morgan fingerprint density at radius 2 is 1.77 bits per heavy atom. The van der Waals surface area contributed by atoms with Crippen molar-refractivity contribution in [1.82, 2.24) is 4.98 Å². The van der Waals surface area contributed by atoms with Crippen molar-refractivity contribution in [3.05, 3.63) is 78.0 Å². The third-order valence-electron chi connectivity index (χ3n) is 3.48. The molecule has 3 aromatic rings. The van der Waals surface area contributed by atoms with E-state index in [1.54, 1.807) is 60.9 Å². The van der Waals surface area contributed by atoms with Crippen LogP contribution in [0.5, 0.6) is 5.75 Å². The van der Waals surface area contributed by atoms with Crippen LogP contribution in [0.1, 0.15) is 26.7 Å². The summed E-state index contributed by atoms with van der Waals surface area (Å²) in [5, 5.41) is 2.71. The summed E-state index contributed by atoms with van der Waals surface area (Å²) in [6.45, 7) is 0.153. The number of hydrogen-bond acceptors (Lipinski definition) is 6. The fourth-order valence-electron chi connectivity index (χ4n) is 2.17. The van der Waals surface area contributed by atoms with Crippen LogP contribution in [0.25, 0.3) is 0 Å². The van der Waals surface area contributed by atoms with Gasteiger partial charge in [0.1, 0.15) is 18.1 Å². The molecular formula is C19H16N2O5. The Balaban J connectivity index is 1.56. The Morgan fingerprint density at radius 3 is 2.46 bits per heavy atom. The molecule has 1 amide bonds. The zero-order chi connectivity index (χ0) is 18.4. The smallest absolute Gasteiger partial charge is 0.337 e. The van der Waals surface area contributed by atoms with Gasteiger partial charge in [0.05, 0.1) is 12.7 Å². The second-order valence-corrected chi connectivity index (χ2v) is 5.26. The lowest BCUT2D eigenvalue weighted by molar-refractivity contribution is 0.0600. The van der Waals surface area contributed by atoms with Crippen LogP contribution in [0.15, 0.2) is 65.3 Å². The Kier molecular flexibility index (Phi) is 5.28. The van der Waals surface area contributed by atoms with Crippen LogP contribution in [-0.2, 0) is 11.3 Å². The van der Waals surface area contributed by atoms with Crippen LogP contribution in [0.3, 0.4) is 0 Å². The van der Waals surface area contributed by atoms with Gasteiger partial charge in [0, 0.05) is 18.1 Å². The highest BCUT2D eigenvalue weighted by Crippen LogP contribution is 2.17. The van der Waals surface area contributed by atoms with E-state index in [0.29, 0.717) is 22.8 Å². The molecule has 26 heavy (non-hydrogen) atoms. The predicted octanol–water partition coefficient (Wildman–Crippen LogP) is 3.29. The predicted molar refractivity (Wildman–Crippen MR) is 93.0 cm³/mol. The second-order valence-electron chi connectivity index (χ2n) is 5.26. The summed E-state index contributed by atoms with van der Waals surface area (Å²) < 4.78 is 15.7. The Labute approximate surface area is 149 Å². The summed E-state index contributed by atoms with van der Waals surface area (Å²) in [7, 11) is 1.33. The molecule has 0 fully saturated rings. The van der Waals surface area contributed by atoms with Gasteiger partial charge in [-0.1, -0.05) is 0 Å². The van der Waals surface area contributed by atoms with Crippen LogP contribution in [0.2, 0.25) is 0 Å². The summed E-state index contributed by atoms with van der Waals surface area (Å²) in [4.78, 5) is 27.4. The number of carbonyl (C=O) groups is 2. The molecule has 132 valence electrons. The van der Waals surface area contributed by atoms with E-state index in [1.165, 1.54) is 7.11 Å². The molecule has 0 spiro atoms. The van der Waals surface area contributed by atoms with E-state index in [1.807, 2.05) is 0 Å². The minimum Gasteiger partial charge on any atom is -0.486 e. The molecule has 0 bridgehead atoms. The quantitative estimate of drug-likeness (QED) is 0.685. The third-order valence-corrected chi connectivity index (χ3v) is 3.48. The molecule has 1 aromatic carbocycles. The number of ether oxygens (including phenoxy) is 2. The van der Waals surface area contributed by atoms with Crippen molar-refractivity contribution >= 4 is 17.6 Å². The largest absolute Gasteiger partial charge is 0.486 e. The minimum absolute atomic E-state index is 0.153. The number of nitrogens with one attached hydrogen (secondary N) is 1. The lowest BCUT2D eigenvalue weighted by Crippen LogP contribution is -2.10. The van der Waals surface area contributed by atoms with E-state index in [0.717, 1.165) is 0 Å². The van der Waals surface area contributed by atoms with Gasteiger partial charge in [-0.2, -0.15) is 0 Å². The molecular weight excluding hydrogens is 336 g/mol. The molecule has 2 aromatic heterocycles. The fourth-order valence-corrected chi connectivity index (χ4v) is 2.17. The minimum atomic E-state index is -0.410. The zero-order valence-electron chi connectivity index (χ0n) is 14.0. The number of nitrogens with zero attached hydrogens (tertiary/aromatic N) is 1. The van der Waals surface area contributed by atoms with Gasteiger partial charge in [-0.15, -0.1) is 0 Å². The van der Waals surface area contributed by atoms with Crippen LogP contribution in [0.4, 0.5) is 5.69 Å². The molecule has 3 rings (SSSR count). The number of rotatable bonds is 6. The maximum atomic E-state index is 12.1. The van der Waals surface area contributed by atoms with E-state index in [9.17, 15) is 9.59 Å².